The number of hydrogen-bond acceptors (Lipinski definition) is 2. The maximum Gasteiger partial charge on any atom is 0.0577 e. The zero-order valence-corrected chi connectivity index (χ0v) is 12.4. The van der Waals surface area contributed by atoms with Crippen molar-refractivity contribution in [1.82, 2.24) is 0 Å². The van der Waals surface area contributed by atoms with E-state index >= 15 is 0 Å². The minimum atomic E-state index is 0.292. The van der Waals surface area contributed by atoms with E-state index in [0.717, 1.165) is 32.3 Å². The van der Waals surface area contributed by atoms with Crippen LogP contribution in [0.2, 0.25) is 0 Å². The largest absolute Gasteiger partial charge is 0.396 e. The molecule has 0 saturated heterocycles. The lowest BCUT2D eigenvalue weighted by molar-refractivity contribution is 0.0227. The fraction of sp³-hybridized carbons (Fsp3) is 1.00. The summed E-state index contributed by atoms with van der Waals surface area (Å²) in [6.45, 7) is 12.2. The third-order valence-electron chi connectivity index (χ3n) is 3.08. The summed E-state index contributed by atoms with van der Waals surface area (Å²) >= 11 is 0. The molecular weight excluding hydrogens is 212 g/mol. The molecule has 1 N–H and O–H groups in total. The van der Waals surface area contributed by atoms with Gasteiger partial charge in [-0.15, -0.1) is 0 Å². The van der Waals surface area contributed by atoms with Gasteiger partial charge in [0.2, 0.25) is 0 Å². The van der Waals surface area contributed by atoms with Crippen LogP contribution in [0.5, 0.6) is 0 Å². The number of rotatable bonds is 10. The lowest BCUT2D eigenvalue weighted by atomic mass is 9.98. The second-order valence-corrected chi connectivity index (χ2v) is 6.17. The number of aliphatic hydroxyl groups is 1. The highest BCUT2D eigenvalue weighted by molar-refractivity contribution is 4.64. The summed E-state index contributed by atoms with van der Waals surface area (Å²) in [6.07, 6.45) is 4.80. The Bertz CT molecular complexity index is 166. The van der Waals surface area contributed by atoms with Gasteiger partial charge in [0.05, 0.1) is 6.10 Å². The van der Waals surface area contributed by atoms with Gasteiger partial charge < -0.3 is 9.84 Å². The number of hydrogen-bond donors (Lipinski definition) is 1. The van der Waals surface area contributed by atoms with Crippen LogP contribution < -0.4 is 0 Å². The van der Waals surface area contributed by atoms with Gasteiger partial charge in [0.15, 0.2) is 0 Å². The molecule has 0 amide bonds. The van der Waals surface area contributed by atoms with Gasteiger partial charge in [-0.05, 0) is 43.4 Å². The van der Waals surface area contributed by atoms with Crippen LogP contribution in [0.15, 0.2) is 0 Å². The fourth-order valence-electron chi connectivity index (χ4n) is 1.83. The van der Waals surface area contributed by atoms with Crippen molar-refractivity contribution in [2.75, 3.05) is 13.2 Å². The van der Waals surface area contributed by atoms with E-state index in [9.17, 15) is 0 Å². The van der Waals surface area contributed by atoms with E-state index in [-0.39, 0.29) is 0 Å². The molecule has 0 aromatic carbocycles. The van der Waals surface area contributed by atoms with E-state index in [4.69, 9.17) is 9.84 Å². The van der Waals surface area contributed by atoms with Gasteiger partial charge in [-0.2, -0.15) is 0 Å². The zero-order valence-electron chi connectivity index (χ0n) is 12.4. The van der Waals surface area contributed by atoms with E-state index in [1.54, 1.807) is 0 Å². The quantitative estimate of drug-likeness (QED) is 0.632. The maximum absolute atomic E-state index is 9.04. The van der Waals surface area contributed by atoms with E-state index in [0.29, 0.717) is 30.5 Å². The van der Waals surface area contributed by atoms with Gasteiger partial charge in [0.25, 0.3) is 0 Å². The molecule has 0 aliphatic heterocycles. The van der Waals surface area contributed by atoms with Gasteiger partial charge in [0, 0.05) is 13.2 Å². The molecule has 17 heavy (non-hydrogen) atoms. The fourth-order valence-corrected chi connectivity index (χ4v) is 1.83. The molecule has 2 nitrogen and oxygen atoms in total. The first-order valence-electron chi connectivity index (χ1n) is 7.18. The Morgan fingerprint density at radius 2 is 1.53 bits per heavy atom. The van der Waals surface area contributed by atoms with Crippen molar-refractivity contribution in [3.8, 4) is 0 Å². The van der Waals surface area contributed by atoms with Gasteiger partial charge in [0.1, 0.15) is 0 Å². The molecule has 0 rings (SSSR count). The monoisotopic (exact) mass is 244 g/mol. The van der Waals surface area contributed by atoms with E-state index in [1.807, 2.05) is 0 Å². The average Bonchev–Trinajstić information content (AvgIpc) is 2.23. The molecule has 0 aromatic rings. The predicted molar refractivity (Wildman–Crippen MR) is 74.1 cm³/mol. The van der Waals surface area contributed by atoms with Crippen LogP contribution in [0.1, 0.15) is 60.3 Å². The molecule has 0 aliphatic carbocycles. The van der Waals surface area contributed by atoms with E-state index in [1.165, 1.54) is 0 Å². The molecule has 0 aromatic heterocycles. The highest BCUT2D eigenvalue weighted by Gasteiger charge is 2.13. The molecule has 0 saturated carbocycles. The second kappa shape index (κ2) is 9.90. The summed E-state index contributed by atoms with van der Waals surface area (Å²) in [5, 5.41) is 9.04. The Morgan fingerprint density at radius 1 is 0.882 bits per heavy atom. The Balaban J connectivity index is 3.87. The normalized spacial score (nSPS) is 15.5. The van der Waals surface area contributed by atoms with Crippen LogP contribution in [-0.2, 0) is 4.74 Å². The minimum Gasteiger partial charge on any atom is -0.396 e. The molecule has 0 radical (unpaired) electrons. The second-order valence-electron chi connectivity index (χ2n) is 6.17. The first-order chi connectivity index (χ1) is 7.95. The lowest BCUT2D eigenvalue weighted by Crippen LogP contribution is -2.18. The topological polar surface area (TPSA) is 29.5 Å². The Kier molecular flexibility index (Phi) is 9.85. The molecule has 0 heterocycles. The molecule has 2 atom stereocenters. The minimum absolute atomic E-state index is 0.292. The molecule has 0 spiro atoms. The summed E-state index contributed by atoms with van der Waals surface area (Å²) in [4.78, 5) is 0. The summed E-state index contributed by atoms with van der Waals surface area (Å²) in [6, 6.07) is 0. The Hall–Kier alpha value is -0.0800. The van der Waals surface area contributed by atoms with Gasteiger partial charge in [-0.25, -0.2) is 0 Å². The molecule has 0 bridgehead atoms. The zero-order chi connectivity index (χ0) is 13.3. The molecule has 0 aliphatic rings. The van der Waals surface area contributed by atoms with Gasteiger partial charge in [-0.3, -0.25) is 0 Å². The third-order valence-corrected chi connectivity index (χ3v) is 3.08. The summed E-state index contributed by atoms with van der Waals surface area (Å²) in [5.74, 6) is 1.80. The maximum atomic E-state index is 9.04. The van der Waals surface area contributed by atoms with Crippen LogP contribution in [0.25, 0.3) is 0 Å². The number of ether oxygens (including phenoxy) is 1. The Morgan fingerprint density at radius 3 is 2.00 bits per heavy atom. The van der Waals surface area contributed by atoms with Crippen molar-refractivity contribution in [2.45, 2.75) is 66.4 Å². The first-order valence-corrected chi connectivity index (χ1v) is 7.18. The molecule has 104 valence electrons. The van der Waals surface area contributed by atoms with Crippen LogP contribution in [0.3, 0.4) is 0 Å². The van der Waals surface area contributed by atoms with Crippen LogP contribution >= 0.6 is 0 Å². The molecule has 2 unspecified atom stereocenters. The van der Waals surface area contributed by atoms with Crippen molar-refractivity contribution in [3.63, 3.8) is 0 Å². The number of aliphatic hydroxyl groups excluding tert-OH is 1. The Labute approximate surface area is 108 Å². The predicted octanol–water partition coefficient (Wildman–Crippen LogP) is 3.87. The van der Waals surface area contributed by atoms with Crippen molar-refractivity contribution in [1.29, 1.82) is 0 Å². The van der Waals surface area contributed by atoms with Crippen molar-refractivity contribution < 1.29 is 9.84 Å². The average molecular weight is 244 g/mol. The van der Waals surface area contributed by atoms with E-state index in [2.05, 4.69) is 34.6 Å². The first kappa shape index (κ1) is 16.9. The molecule has 0 fully saturated rings. The molecule has 2 heteroatoms. The highest BCUT2D eigenvalue weighted by atomic mass is 16.5. The van der Waals surface area contributed by atoms with Crippen molar-refractivity contribution in [3.05, 3.63) is 0 Å². The summed E-state index contributed by atoms with van der Waals surface area (Å²) < 4.78 is 5.98. The molecular formula is C15H32O2. The highest BCUT2D eigenvalue weighted by Crippen LogP contribution is 2.17. The SMILES string of the molecule is CC(C)CCOC(CCC(C)CO)CC(C)C. The third kappa shape index (κ3) is 10.8. The van der Waals surface area contributed by atoms with E-state index < -0.39 is 0 Å². The van der Waals surface area contributed by atoms with Crippen LogP contribution in [0.4, 0.5) is 0 Å². The lowest BCUT2D eigenvalue weighted by Gasteiger charge is -2.21. The summed E-state index contributed by atoms with van der Waals surface area (Å²) in [5.41, 5.74) is 0. The van der Waals surface area contributed by atoms with Crippen LogP contribution in [-0.4, -0.2) is 24.4 Å². The van der Waals surface area contributed by atoms with Gasteiger partial charge >= 0.3 is 0 Å². The van der Waals surface area contributed by atoms with Crippen molar-refractivity contribution >= 4 is 0 Å². The van der Waals surface area contributed by atoms with Crippen LogP contribution in [0, 0.1) is 17.8 Å². The summed E-state index contributed by atoms with van der Waals surface area (Å²) in [7, 11) is 0. The van der Waals surface area contributed by atoms with Crippen molar-refractivity contribution in [2.24, 2.45) is 17.8 Å². The standard InChI is InChI=1S/C15H32O2/c1-12(2)8-9-17-15(10-13(3)4)7-6-14(5)11-16/h12-16H,6-11H2,1-5H3. The van der Waals surface area contributed by atoms with Gasteiger partial charge in [-0.1, -0.05) is 34.6 Å². The smallest absolute Gasteiger partial charge is 0.0577 e.